The lowest BCUT2D eigenvalue weighted by Crippen LogP contribution is -2.40. The highest BCUT2D eigenvalue weighted by Crippen LogP contribution is 2.34. The number of nitrogens with zero attached hydrogens (tertiary/aromatic N) is 5. The van der Waals surface area contributed by atoms with Crippen molar-refractivity contribution in [3.63, 3.8) is 0 Å². The third-order valence-electron chi connectivity index (χ3n) is 5.46. The number of fused-ring (bicyclic) bond motifs is 1. The Labute approximate surface area is 203 Å². The van der Waals surface area contributed by atoms with Crippen molar-refractivity contribution in [1.29, 1.82) is 5.26 Å². The molecule has 1 aromatic carbocycles. The molecule has 1 atom stereocenters. The van der Waals surface area contributed by atoms with E-state index >= 15 is 0 Å². The average Bonchev–Trinajstić information content (AvgIpc) is 2.87. The number of aryl methyl sites for hydroxylation is 1. The number of rotatable bonds is 4. The highest BCUT2D eigenvalue weighted by Gasteiger charge is 2.26. The van der Waals surface area contributed by atoms with Gasteiger partial charge >= 0.3 is 0 Å². The van der Waals surface area contributed by atoms with Gasteiger partial charge in [-0.1, -0.05) is 12.1 Å². The van der Waals surface area contributed by atoms with Gasteiger partial charge < -0.3 is 21.1 Å². The number of nitrogens with two attached hydrogens (primary N) is 1. The number of aromatic nitrogens is 3. The standard InChI is InChI=1S/C20H23N3O3.C5H4N4/c1-13-3-4-16-11-15(6-8-19(16)23(13)14(2)25)17-5-7-18(22-12-17)20(26)21-9-10-24;6-1-4-2-9-5(7)3-8-4/h5-8,11-13,24H,3-4,9-10H2,1-2H3,(H,21,26);2-3H,(H2,7,9)/t13-;/m0./s1. The van der Waals surface area contributed by atoms with Gasteiger partial charge in [0.25, 0.3) is 5.91 Å². The summed E-state index contributed by atoms with van der Waals surface area (Å²) < 4.78 is 0. The number of carbonyl (C=O) groups excluding carboxylic acids is 2. The van der Waals surface area contributed by atoms with E-state index in [2.05, 4.69) is 33.3 Å². The number of benzene rings is 1. The highest BCUT2D eigenvalue weighted by molar-refractivity contribution is 5.94. The topological polar surface area (TPSA) is 158 Å². The molecule has 4 rings (SSSR count). The summed E-state index contributed by atoms with van der Waals surface area (Å²) in [4.78, 5) is 37.2. The van der Waals surface area contributed by atoms with Crippen LogP contribution in [0.5, 0.6) is 0 Å². The minimum atomic E-state index is -0.304. The molecule has 1 aliphatic heterocycles. The van der Waals surface area contributed by atoms with Crippen LogP contribution in [0, 0.1) is 11.3 Å². The minimum Gasteiger partial charge on any atom is -0.395 e. The number of pyridine rings is 1. The number of hydrogen-bond acceptors (Lipinski definition) is 8. The van der Waals surface area contributed by atoms with Crippen molar-refractivity contribution in [2.75, 3.05) is 23.8 Å². The van der Waals surface area contributed by atoms with Crippen LogP contribution in [0.2, 0.25) is 0 Å². The minimum absolute atomic E-state index is 0.0612. The van der Waals surface area contributed by atoms with Crippen LogP contribution in [-0.4, -0.2) is 51.1 Å². The number of nitrogen functional groups attached to an aromatic ring is 1. The van der Waals surface area contributed by atoms with Crippen molar-refractivity contribution in [2.45, 2.75) is 32.7 Å². The Balaban J connectivity index is 0.000000320. The van der Waals surface area contributed by atoms with Gasteiger partial charge in [-0.2, -0.15) is 5.26 Å². The van der Waals surface area contributed by atoms with Crippen LogP contribution < -0.4 is 16.0 Å². The Morgan fingerprint density at radius 1 is 1.17 bits per heavy atom. The quantitative estimate of drug-likeness (QED) is 0.519. The fourth-order valence-corrected chi connectivity index (χ4v) is 3.77. The molecule has 3 heterocycles. The van der Waals surface area contributed by atoms with E-state index < -0.39 is 0 Å². The van der Waals surface area contributed by atoms with Gasteiger partial charge in [0.05, 0.1) is 19.0 Å². The van der Waals surface area contributed by atoms with Gasteiger partial charge in [-0.3, -0.25) is 14.6 Å². The molecular weight excluding hydrogens is 446 g/mol. The number of hydrogen-bond donors (Lipinski definition) is 3. The van der Waals surface area contributed by atoms with Crippen molar-refractivity contribution >= 4 is 23.3 Å². The number of aliphatic hydroxyl groups is 1. The monoisotopic (exact) mass is 473 g/mol. The third-order valence-corrected chi connectivity index (χ3v) is 5.46. The largest absolute Gasteiger partial charge is 0.395 e. The normalized spacial score (nSPS) is 14.1. The lowest BCUT2D eigenvalue weighted by atomic mass is 9.93. The molecule has 2 amide bonds. The second-order valence-corrected chi connectivity index (χ2v) is 7.97. The van der Waals surface area contributed by atoms with Crippen molar-refractivity contribution < 1.29 is 14.7 Å². The summed E-state index contributed by atoms with van der Waals surface area (Å²) in [5.74, 6) is 0.0854. The average molecular weight is 474 g/mol. The maximum atomic E-state index is 12.0. The van der Waals surface area contributed by atoms with E-state index in [1.54, 1.807) is 19.2 Å². The highest BCUT2D eigenvalue weighted by atomic mass is 16.3. The second kappa shape index (κ2) is 11.7. The van der Waals surface area contributed by atoms with Gasteiger partial charge in [0.1, 0.15) is 17.6 Å². The predicted molar refractivity (Wildman–Crippen MR) is 131 cm³/mol. The Hall–Kier alpha value is -4.36. The Morgan fingerprint density at radius 3 is 2.54 bits per heavy atom. The van der Waals surface area contributed by atoms with Gasteiger partial charge in [-0.05, 0) is 49.1 Å². The van der Waals surface area contributed by atoms with Gasteiger partial charge in [-0.15, -0.1) is 0 Å². The van der Waals surface area contributed by atoms with Gasteiger partial charge in [0.2, 0.25) is 5.91 Å². The molecule has 0 unspecified atom stereocenters. The molecule has 0 fully saturated rings. The lowest BCUT2D eigenvalue weighted by Gasteiger charge is -2.34. The number of amides is 2. The molecular formula is C25H27N7O3. The second-order valence-electron chi connectivity index (χ2n) is 7.97. The first-order valence-electron chi connectivity index (χ1n) is 11.1. The first-order chi connectivity index (χ1) is 16.8. The molecule has 0 saturated heterocycles. The van der Waals surface area contributed by atoms with E-state index in [0.717, 1.165) is 35.2 Å². The molecule has 0 bridgehead atoms. The predicted octanol–water partition coefficient (Wildman–Crippen LogP) is 2.09. The maximum absolute atomic E-state index is 12.0. The van der Waals surface area contributed by atoms with Gasteiger partial charge in [0, 0.05) is 37.0 Å². The molecule has 0 aliphatic carbocycles. The summed E-state index contributed by atoms with van der Waals surface area (Å²) in [5.41, 5.74) is 9.86. The van der Waals surface area contributed by atoms with Crippen LogP contribution in [-0.2, 0) is 11.2 Å². The molecule has 0 saturated carbocycles. The van der Waals surface area contributed by atoms with Crippen molar-refractivity contribution in [2.24, 2.45) is 0 Å². The Morgan fingerprint density at radius 2 is 1.94 bits per heavy atom. The number of carbonyl (C=O) groups is 2. The Bertz CT molecular complexity index is 1220. The summed E-state index contributed by atoms with van der Waals surface area (Å²) in [5, 5.41) is 19.6. The van der Waals surface area contributed by atoms with Crippen LogP contribution in [0.3, 0.4) is 0 Å². The summed E-state index contributed by atoms with van der Waals surface area (Å²) in [6.45, 7) is 3.78. The molecule has 35 heavy (non-hydrogen) atoms. The smallest absolute Gasteiger partial charge is 0.269 e. The van der Waals surface area contributed by atoms with E-state index in [4.69, 9.17) is 16.1 Å². The van der Waals surface area contributed by atoms with E-state index in [-0.39, 0.29) is 36.7 Å². The van der Waals surface area contributed by atoms with Crippen molar-refractivity contribution in [1.82, 2.24) is 20.3 Å². The number of nitriles is 1. The number of nitrogens with one attached hydrogen (secondary N) is 1. The molecule has 4 N–H and O–H groups in total. The molecule has 10 heteroatoms. The SMILES string of the molecule is CC(=O)N1c2ccc(-c3ccc(C(=O)NCCO)nc3)cc2CC[C@@H]1C.N#Cc1cnc(N)cn1. The summed E-state index contributed by atoms with van der Waals surface area (Å²) in [6.07, 6.45) is 6.22. The first kappa shape index (κ1) is 25.3. The summed E-state index contributed by atoms with van der Waals surface area (Å²) >= 11 is 0. The molecule has 3 aromatic rings. The van der Waals surface area contributed by atoms with Crippen LogP contribution in [0.4, 0.5) is 11.5 Å². The van der Waals surface area contributed by atoms with Gasteiger partial charge in [-0.25, -0.2) is 9.97 Å². The third kappa shape index (κ3) is 6.37. The molecule has 180 valence electrons. The molecule has 2 aromatic heterocycles. The molecule has 10 nitrogen and oxygen atoms in total. The number of aliphatic hydroxyl groups excluding tert-OH is 1. The van der Waals surface area contributed by atoms with Crippen molar-refractivity contribution in [3.05, 3.63) is 65.9 Å². The fraction of sp³-hybridized carbons (Fsp3) is 0.280. The van der Waals surface area contributed by atoms with E-state index in [9.17, 15) is 9.59 Å². The van der Waals surface area contributed by atoms with E-state index in [1.165, 1.54) is 12.4 Å². The zero-order chi connectivity index (χ0) is 25.4. The first-order valence-corrected chi connectivity index (χ1v) is 11.1. The summed E-state index contributed by atoms with van der Waals surface area (Å²) in [7, 11) is 0. The van der Waals surface area contributed by atoms with E-state index in [1.807, 2.05) is 29.2 Å². The van der Waals surface area contributed by atoms with Crippen LogP contribution in [0.25, 0.3) is 11.1 Å². The molecule has 0 spiro atoms. The van der Waals surface area contributed by atoms with E-state index in [0.29, 0.717) is 11.5 Å². The Kier molecular flexibility index (Phi) is 8.43. The fourth-order valence-electron chi connectivity index (χ4n) is 3.77. The van der Waals surface area contributed by atoms with Crippen LogP contribution in [0.1, 0.15) is 42.0 Å². The van der Waals surface area contributed by atoms with Crippen molar-refractivity contribution in [3.8, 4) is 17.2 Å². The van der Waals surface area contributed by atoms with Gasteiger partial charge in [0.15, 0.2) is 5.69 Å². The maximum Gasteiger partial charge on any atom is 0.269 e. The molecule has 0 radical (unpaired) electrons. The lowest BCUT2D eigenvalue weighted by molar-refractivity contribution is -0.117. The molecule has 1 aliphatic rings. The van der Waals surface area contributed by atoms with Crippen LogP contribution >= 0.6 is 0 Å². The summed E-state index contributed by atoms with van der Waals surface area (Å²) in [6, 6.07) is 11.6. The zero-order valence-electron chi connectivity index (χ0n) is 19.6. The number of anilines is 2. The zero-order valence-corrected chi connectivity index (χ0v) is 19.6. The van der Waals surface area contributed by atoms with Crippen LogP contribution in [0.15, 0.2) is 48.9 Å².